The van der Waals surface area contributed by atoms with Crippen molar-refractivity contribution in [3.05, 3.63) is 0 Å². The van der Waals surface area contributed by atoms with Gasteiger partial charge in [0, 0.05) is 4.83 Å². The molecule has 0 spiro atoms. The Kier molecular flexibility index (Phi) is 2.99. The van der Waals surface area contributed by atoms with Gasteiger partial charge in [0.2, 0.25) is 0 Å². The van der Waals surface area contributed by atoms with Gasteiger partial charge in [-0.25, -0.2) is 0 Å². The highest BCUT2D eigenvalue weighted by Crippen LogP contribution is 2.31. The molecule has 0 saturated carbocycles. The van der Waals surface area contributed by atoms with Gasteiger partial charge in [-0.15, -0.1) is 0 Å². The van der Waals surface area contributed by atoms with E-state index in [-0.39, 0.29) is 0 Å². The van der Waals surface area contributed by atoms with Crippen LogP contribution in [0.4, 0.5) is 13.2 Å². The van der Waals surface area contributed by atoms with Crippen molar-refractivity contribution in [2.45, 2.75) is 24.9 Å². The van der Waals surface area contributed by atoms with Gasteiger partial charge in [0.05, 0.1) is 5.92 Å². The third-order valence-corrected chi connectivity index (χ3v) is 2.00. The molecule has 0 fully saturated rings. The van der Waals surface area contributed by atoms with E-state index in [1.807, 2.05) is 0 Å². The van der Waals surface area contributed by atoms with Gasteiger partial charge in [0.25, 0.3) is 0 Å². The average molecular weight is 205 g/mol. The zero-order valence-electron chi connectivity index (χ0n) is 5.17. The van der Waals surface area contributed by atoms with E-state index in [1.54, 1.807) is 0 Å². The van der Waals surface area contributed by atoms with Crippen LogP contribution < -0.4 is 0 Å². The van der Waals surface area contributed by atoms with Crippen molar-refractivity contribution >= 4 is 15.9 Å². The summed E-state index contributed by atoms with van der Waals surface area (Å²) in [6.07, 6.45) is -4.07. The van der Waals surface area contributed by atoms with Gasteiger partial charge < -0.3 is 0 Å². The summed E-state index contributed by atoms with van der Waals surface area (Å²) in [4.78, 5) is -0.502. The van der Waals surface area contributed by atoms with Crippen molar-refractivity contribution in [1.82, 2.24) is 0 Å². The summed E-state index contributed by atoms with van der Waals surface area (Å²) in [5.74, 6) is -1.27. The van der Waals surface area contributed by atoms with Crippen LogP contribution in [0.3, 0.4) is 0 Å². The van der Waals surface area contributed by atoms with E-state index in [2.05, 4.69) is 15.9 Å². The number of hydrogen-bond donors (Lipinski definition) is 0. The molecule has 0 rings (SSSR count). The molecule has 0 aliphatic heterocycles. The fraction of sp³-hybridized carbons (Fsp3) is 1.00. The summed E-state index contributed by atoms with van der Waals surface area (Å²) in [5, 5.41) is 0. The minimum absolute atomic E-state index is 0.502. The maximum absolute atomic E-state index is 11.7. The van der Waals surface area contributed by atoms with Crippen LogP contribution in [0.15, 0.2) is 0 Å². The topological polar surface area (TPSA) is 0 Å². The van der Waals surface area contributed by atoms with Crippen LogP contribution in [0.2, 0.25) is 0 Å². The number of rotatable bonds is 1. The lowest BCUT2D eigenvalue weighted by Crippen LogP contribution is -2.25. The van der Waals surface area contributed by atoms with Crippen LogP contribution in [0.25, 0.3) is 0 Å². The highest BCUT2D eigenvalue weighted by atomic mass is 79.9. The van der Waals surface area contributed by atoms with Crippen LogP contribution >= 0.6 is 15.9 Å². The van der Waals surface area contributed by atoms with E-state index in [0.29, 0.717) is 0 Å². The molecule has 1 unspecified atom stereocenters. The Morgan fingerprint density at radius 3 is 1.56 bits per heavy atom. The number of alkyl halides is 4. The molecule has 9 heavy (non-hydrogen) atoms. The van der Waals surface area contributed by atoms with Crippen molar-refractivity contribution in [3.63, 3.8) is 0 Å². The highest BCUT2D eigenvalue weighted by Gasteiger charge is 2.38. The van der Waals surface area contributed by atoms with Crippen LogP contribution in [0, 0.1) is 5.92 Å². The molecule has 0 nitrogen and oxygen atoms in total. The standard InChI is InChI=1S/C5H8BrF3/c1-3(4(2)6)5(7,8)9/h3-4H,1-2H3/t3-,4?/m0/s1. The molecule has 0 amide bonds. The van der Waals surface area contributed by atoms with Crippen molar-refractivity contribution in [2.75, 3.05) is 0 Å². The van der Waals surface area contributed by atoms with Gasteiger partial charge in [0.15, 0.2) is 0 Å². The van der Waals surface area contributed by atoms with E-state index in [4.69, 9.17) is 0 Å². The summed E-state index contributed by atoms with van der Waals surface area (Å²) in [5.41, 5.74) is 0. The lowest BCUT2D eigenvalue weighted by Gasteiger charge is -2.16. The first kappa shape index (κ1) is 9.27. The Balaban J connectivity index is 3.88. The van der Waals surface area contributed by atoms with Crippen LogP contribution in [0.5, 0.6) is 0 Å². The van der Waals surface area contributed by atoms with Gasteiger partial charge in [-0.2, -0.15) is 13.2 Å². The number of halogens is 4. The Hall–Kier alpha value is 0.270. The maximum atomic E-state index is 11.7. The Labute approximate surface area is 60.6 Å². The zero-order valence-corrected chi connectivity index (χ0v) is 6.75. The van der Waals surface area contributed by atoms with Gasteiger partial charge in [-0.05, 0) is 0 Å². The van der Waals surface area contributed by atoms with E-state index in [9.17, 15) is 13.2 Å². The maximum Gasteiger partial charge on any atom is 0.392 e. The van der Waals surface area contributed by atoms with E-state index < -0.39 is 16.9 Å². The number of hydrogen-bond acceptors (Lipinski definition) is 0. The summed E-state index contributed by atoms with van der Waals surface area (Å²) >= 11 is 2.86. The highest BCUT2D eigenvalue weighted by molar-refractivity contribution is 9.09. The van der Waals surface area contributed by atoms with Crippen LogP contribution in [-0.4, -0.2) is 11.0 Å². The minimum atomic E-state index is -4.07. The normalized spacial score (nSPS) is 19.3. The predicted molar refractivity (Wildman–Crippen MR) is 33.6 cm³/mol. The molecular weight excluding hydrogens is 197 g/mol. The van der Waals surface area contributed by atoms with Crippen molar-refractivity contribution in [3.8, 4) is 0 Å². The molecule has 0 aliphatic rings. The van der Waals surface area contributed by atoms with Crippen molar-refractivity contribution < 1.29 is 13.2 Å². The molecule has 56 valence electrons. The average Bonchev–Trinajstić information content (AvgIpc) is 1.62. The quantitative estimate of drug-likeness (QED) is 0.577. The molecule has 0 aromatic rings. The Morgan fingerprint density at radius 1 is 1.22 bits per heavy atom. The Morgan fingerprint density at radius 2 is 1.56 bits per heavy atom. The lowest BCUT2D eigenvalue weighted by atomic mass is 10.1. The van der Waals surface area contributed by atoms with Crippen LogP contribution in [0.1, 0.15) is 13.8 Å². The van der Waals surface area contributed by atoms with Gasteiger partial charge in [-0.1, -0.05) is 29.8 Å². The SMILES string of the molecule is CC(Br)[C@H](C)C(F)(F)F. The largest absolute Gasteiger partial charge is 0.392 e. The first-order valence-electron chi connectivity index (χ1n) is 2.56. The smallest absolute Gasteiger partial charge is 0.171 e. The first-order chi connectivity index (χ1) is 3.85. The van der Waals surface area contributed by atoms with Crippen molar-refractivity contribution in [1.29, 1.82) is 0 Å². The molecule has 0 aliphatic carbocycles. The van der Waals surface area contributed by atoms with Gasteiger partial charge >= 0.3 is 6.18 Å². The summed E-state index contributed by atoms with van der Waals surface area (Å²) in [7, 11) is 0. The summed E-state index contributed by atoms with van der Waals surface area (Å²) < 4.78 is 35.0. The molecule has 0 N–H and O–H groups in total. The monoisotopic (exact) mass is 204 g/mol. The van der Waals surface area contributed by atoms with E-state index in [0.717, 1.165) is 6.92 Å². The first-order valence-corrected chi connectivity index (χ1v) is 3.48. The zero-order chi connectivity index (χ0) is 7.65. The molecule has 0 aromatic carbocycles. The fourth-order valence-corrected chi connectivity index (χ4v) is 0.560. The van der Waals surface area contributed by atoms with Gasteiger partial charge in [-0.3, -0.25) is 0 Å². The Bertz CT molecular complexity index is 86.7. The van der Waals surface area contributed by atoms with E-state index in [1.165, 1.54) is 6.92 Å². The van der Waals surface area contributed by atoms with Crippen LogP contribution in [-0.2, 0) is 0 Å². The molecule has 0 radical (unpaired) electrons. The summed E-state index contributed by atoms with van der Waals surface area (Å²) in [6.45, 7) is 2.64. The molecule has 2 atom stereocenters. The molecular formula is C5H8BrF3. The molecule has 4 heteroatoms. The third kappa shape index (κ3) is 3.08. The molecule has 0 heterocycles. The minimum Gasteiger partial charge on any atom is -0.171 e. The third-order valence-electron chi connectivity index (χ3n) is 1.21. The second-order valence-corrected chi connectivity index (χ2v) is 3.45. The molecule has 0 aromatic heterocycles. The fourth-order valence-electron chi connectivity index (χ4n) is 0.260. The van der Waals surface area contributed by atoms with Crippen molar-refractivity contribution in [2.24, 2.45) is 5.92 Å². The van der Waals surface area contributed by atoms with Gasteiger partial charge in [0.1, 0.15) is 0 Å². The van der Waals surface area contributed by atoms with E-state index >= 15 is 0 Å². The molecule has 0 saturated heterocycles. The second-order valence-electron chi connectivity index (χ2n) is 2.01. The second kappa shape index (κ2) is 2.90. The lowest BCUT2D eigenvalue weighted by molar-refractivity contribution is -0.167. The summed E-state index contributed by atoms with van der Waals surface area (Å²) in [6, 6.07) is 0. The molecule has 0 bridgehead atoms. The predicted octanol–water partition coefficient (Wildman–Crippen LogP) is 2.97.